The first-order chi connectivity index (χ1) is 12.5. The van der Waals surface area contributed by atoms with Gasteiger partial charge in [-0.1, -0.05) is 19.3 Å². The number of aromatic nitrogens is 1. The number of amides is 2. The molecule has 1 aromatic carbocycles. The van der Waals surface area contributed by atoms with Crippen molar-refractivity contribution in [3.63, 3.8) is 0 Å². The highest BCUT2D eigenvalue weighted by Gasteiger charge is 2.53. The van der Waals surface area contributed by atoms with Crippen molar-refractivity contribution in [2.24, 2.45) is 11.3 Å². The fourth-order valence-electron chi connectivity index (χ4n) is 4.28. The highest BCUT2D eigenvalue weighted by Crippen LogP contribution is 2.60. The second kappa shape index (κ2) is 6.37. The van der Waals surface area contributed by atoms with Gasteiger partial charge in [0.25, 0.3) is 0 Å². The van der Waals surface area contributed by atoms with Crippen LogP contribution in [0.15, 0.2) is 18.3 Å². The van der Waals surface area contributed by atoms with Gasteiger partial charge in [0.2, 0.25) is 0 Å². The minimum atomic E-state index is -1.01. The topological polar surface area (TPSA) is 74.0 Å². The van der Waals surface area contributed by atoms with E-state index in [2.05, 4.69) is 15.6 Å². The average Bonchev–Trinajstić information content (AvgIpc) is 3.15. The lowest BCUT2D eigenvalue weighted by atomic mass is 9.84. The number of anilines is 1. The summed E-state index contributed by atoms with van der Waals surface area (Å²) < 4.78 is 26.6. The second-order valence-corrected chi connectivity index (χ2v) is 7.50. The lowest BCUT2D eigenvalue weighted by Gasteiger charge is -2.22. The third-order valence-electron chi connectivity index (χ3n) is 5.89. The van der Waals surface area contributed by atoms with E-state index in [1.807, 2.05) is 0 Å². The molecule has 7 heteroatoms. The SMILES string of the molecule is O=C(NCC1CC12CCCCC2)C(=O)Nc1c[nH]c2cc(F)c(F)cc12. The Bertz CT molecular complexity index is 871. The molecule has 1 unspecified atom stereocenters. The molecular weight excluding hydrogens is 340 g/mol. The van der Waals surface area contributed by atoms with Crippen molar-refractivity contribution in [2.45, 2.75) is 38.5 Å². The molecule has 26 heavy (non-hydrogen) atoms. The number of rotatable bonds is 3. The quantitative estimate of drug-likeness (QED) is 0.733. The molecule has 4 rings (SSSR count). The van der Waals surface area contributed by atoms with Gasteiger partial charge in [-0.05, 0) is 36.7 Å². The third-order valence-corrected chi connectivity index (χ3v) is 5.89. The minimum absolute atomic E-state index is 0.245. The molecule has 1 atom stereocenters. The van der Waals surface area contributed by atoms with E-state index >= 15 is 0 Å². The Morgan fingerprint density at radius 1 is 1.12 bits per heavy atom. The maximum atomic E-state index is 13.4. The lowest BCUT2D eigenvalue weighted by Crippen LogP contribution is -2.37. The first-order valence-electron chi connectivity index (χ1n) is 9.04. The van der Waals surface area contributed by atoms with Gasteiger partial charge >= 0.3 is 11.8 Å². The molecule has 1 aromatic heterocycles. The number of fused-ring (bicyclic) bond motifs is 1. The van der Waals surface area contributed by atoms with E-state index in [-0.39, 0.29) is 5.69 Å². The van der Waals surface area contributed by atoms with Gasteiger partial charge in [-0.25, -0.2) is 8.78 Å². The molecule has 0 bridgehead atoms. The number of carbonyl (C=O) groups is 2. The molecule has 0 saturated heterocycles. The van der Waals surface area contributed by atoms with E-state index < -0.39 is 23.4 Å². The Morgan fingerprint density at radius 3 is 2.62 bits per heavy atom. The Morgan fingerprint density at radius 2 is 1.85 bits per heavy atom. The number of hydrogen-bond acceptors (Lipinski definition) is 2. The fourth-order valence-corrected chi connectivity index (χ4v) is 4.28. The smallest absolute Gasteiger partial charge is 0.313 e. The molecule has 138 valence electrons. The number of hydrogen-bond donors (Lipinski definition) is 3. The maximum absolute atomic E-state index is 13.4. The molecular formula is C19H21F2N3O2. The van der Waals surface area contributed by atoms with Gasteiger partial charge in [-0.2, -0.15) is 0 Å². The number of H-pyrrole nitrogens is 1. The molecule has 2 amide bonds. The number of carbonyl (C=O) groups excluding carboxylic acids is 2. The summed E-state index contributed by atoms with van der Waals surface area (Å²) in [5.74, 6) is -3.04. The summed E-state index contributed by atoms with van der Waals surface area (Å²) in [6, 6.07) is 2.00. The zero-order valence-electron chi connectivity index (χ0n) is 14.3. The van der Waals surface area contributed by atoms with Crippen LogP contribution in [0.25, 0.3) is 10.9 Å². The predicted octanol–water partition coefficient (Wildman–Crippen LogP) is 3.47. The van der Waals surface area contributed by atoms with Crippen molar-refractivity contribution in [1.29, 1.82) is 0 Å². The van der Waals surface area contributed by atoms with Crippen molar-refractivity contribution >= 4 is 28.4 Å². The maximum Gasteiger partial charge on any atom is 0.313 e. The number of halogens is 2. The van der Waals surface area contributed by atoms with Crippen LogP contribution in [0.4, 0.5) is 14.5 Å². The Hall–Kier alpha value is -2.44. The second-order valence-electron chi connectivity index (χ2n) is 7.50. The summed E-state index contributed by atoms with van der Waals surface area (Å²) in [5, 5.41) is 5.47. The lowest BCUT2D eigenvalue weighted by molar-refractivity contribution is -0.136. The van der Waals surface area contributed by atoms with Crippen LogP contribution in [0.5, 0.6) is 0 Å². The van der Waals surface area contributed by atoms with Crippen molar-refractivity contribution in [3.8, 4) is 0 Å². The number of nitrogens with one attached hydrogen (secondary N) is 3. The molecule has 3 N–H and O–H groups in total. The molecule has 5 nitrogen and oxygen atoms in total. The molecule has 2 saturated carbocycles. The monoisotopic (exact) mass is 361 g/mol. The highest BCUT2D eigenvalue weighted by molar-refractivity contribution is 6.40. The Balaban J connectivity index is 1.35. The molecule has 0 radical (unpaired) electrons. The van der Waals surface area contributed by atoms with Crippen LogP contribution in [0.1, 0.15) is 38.5 Å². The van der Waals surface area contributed by atoms with E-state index in [0.717, 1.165) is 18.6 Å². The third kappa shape index (κ3) is 3.06. The summed E-state index contributed by atoms with van der Waals surface area (Å²) in [6.45, 7) is 0.514. The van der Waals surface area contributed by atoms with Crippen molar-refractivity contribution in [1.82, 2.24) is 10.3 Å². The largest absolute Gasteiger partial charge is 0.359 e. The van der Waals surface area contributed by atoms with E-state index in [1.54, 1.807) is 0 Å². The first-order valence-corrected chi connectivity index (χ1v) is 9.04. The van der Waals surface area contributed by atoms with E-state index in [0.29, 0.717) is 28.8 Å². The van der Waals surface area contributed by atoms with Gasteiger partial charge in [-0.3, -0.25) is 9.59 Å². The average molecular weight is 361 g/mol. The summed E-state index contributed by atoms with van der Waals surface area (Å²) in [7, 11) is 0. The van der Waals surface area contributed by atoms with Gasteiger partial charge < -0.3 is 15.6 Å². The fraction of sp³-hybridized carbons (Fsp3) is 0.474. The molecule has 2 aromatic rings. The summed E-state index contributed by atoms with van der Waals surface area (Å²) in [4.78, 5) is 26.9. The Kier molecular flexibility index (Phi) is 4.17. The van der Waals surface area contributed by atoms with Gasteiger partial charge in [-0.15, -0.1) is 0 Å². The summed E-state index contributed by atoms with van der Waals surface area (Å²) in [5.41, 5.74) is 0.978. The Labute approximate surface area is 149 Å². The van der Waals surface area contributed by atoms with Crippen molar-refractivity contribution < 1.29 is 18.4 Å². The molecule has 2 aliphatic rings. The summed E-state index contributed by atoms with van der Waals surface area (Å²) >= 11 is 0. The zero-order valence-corrected chi connectivity index (χ0v) is 14.3. The molecule has 1 spiro atoms. The van der Waals surface area contributed by atoms with Crippen molar-refractivity contribution in [3.05, 3.63) is 30.0 Å². The number of aromatic amines is 1. The van der Waals surface area contributed by atoms with Gasteiger partial charge in [0.1, 0.15) is 0 Å². The van der Waals surface area contributed by atoms with E-state index in [9.17, 15) is 18.4 Å². The van der Waals surface area contributed by atoms with Gasteiger partial charge in [0, 0.05) is 24.2 Å². The van der Waals surface area contributed by atoms with Crippen LogP contribution in [0, 0.1) is 23.0 Å². The van der Waals surface area contributed by atoms with Crippen LogP contribution >= 0.6 is 0 Å². The van der Waals surface area contributed by atoms with Gasteiger partial charge in [0.15, 0.2) is 11.6 Å². The normalized spacial score (nSPS) is 20.9. The van der Waals surface area contributed by atoms with Crippen LogP contribution < -0.4 is 10.6 Å². The molecule has 2 aliphatic carbocycles. The molecule has 0 aliphatic heterocycles. The molecule has 2 fully saturated rings. The standard InChI is InChI=1S/C19H21F2N3O2/c20-13-6-12-15(7-14(13)21)22-10-16(12)24-18(26)17(25)23-9-11-8-19(11)4-2-1-3-5-19/h6-7,10-11,22H,1-5,8-9H2,(H,23,25)(H,24,26). The zero-order chi connectivity index (χ0) is 18.3. The van der Waals surface area contributed by atoms with E-state index in [1.165, 1.54) is 38.3 Å². The van der Waals surface area contributed by atoms with Crippen LogP contribution in [0.3, 0.4) is 0 Å². The van der Waals surface area contributed by atoms with Crippen LogP contribution in [0.2, 0.25) is 0 Å². The minimum Gasteiger partial charge on any atom is -0.359 e. The number of benzene rings is 1. The van der Waals surface area contributed by atoms with E-state index in [4.69, 9.17) is 0 Å². The van der Waals surface area contributed by atoms with Crippen molar-refractivity contribution in [2.75, 3.05) is 11.9 Å². The van der Waals surface area contributed by atoms with Crippen LogP contribution in [-0.2, 0) is 9.59 Å². The molecule has 1 heterocycles. The highest BCUT2D eigenvalue weighted by atomic mass is 19.2. The van der Waals surface area contributed by atoms with Crippen LogP contribution in [-0.4, -0.2) is 23.3 Å². The predicted molar refractivity (Wildman–Crippen MR) is 93.5 cm³/mol. The summed E-state index contributed by atoms with van der Waals surface area (Å²) in [6.07, 6.45) is 8.77. The first kappa shape index (κ1) is 17.0. The van der Waals surface area contributed by atoms with Gasteiger partial charge in [0.05, 0.1) is 11.2 Å².